The number of likely N-dealkylation sites (N-methyl/N-ethyl adjacent to an activating group) is 1. The molecule has 2 aliphatic rings. The summed E-state index contributed by atoms with van der Waals surface area (Å²) in [5.41, 5.74) is 0.611. The molecular formula is C21H32FN5O2. The Bertz CT molecular complexity index is 706. The molecule has 2 heterocycles. The fourth-order valence-electron chi connectivity index (χ4n) is 3.87. The predicted octanol–water partition coefficient (Wildman–Crippen LogP) is 0.570. The first kappa shape index (κ1) is 21.5. The molecule has 1 aromatic carbocycles. The number of carbonyl (C=O) groups is 2. The highest BCUT2D eigenvalue weighted by Crippen LogP contribution is 2.20. The maximum Gasteiger partial charge on any atom is 0.236 e. The third-order valence-corrected chi connectivity index (χ3v) is 5.72. The smallest absolute Gasteiger partial charge is 0.236 e. The number of rotatable bonds is 5. The van der Waals surface area contributed by atoms with Crippen LogP contribution in [0.3, 0.4) is 0 Å². The van der Waals surface area contributed by atoms with Crippen LogP contribution < -0.4 is 4.90 Å². The number of anilines is 1. The second-order valence-corrected chi connectivity index (χ2v) is 8.01. The van der Waals surface area contributed by atoms with Gasteiger partial charge in [0.15, 0.2) is 0 Å². The Kier molecular flexibility index (Phi) is 7.44. The van der Waals surface area contributed by atoms with Gasteiger partial charge in [-0.1, -0.05) is 12.1 Å². The summed E-state index contributed by atoms with van der Waals surface area (Å²) >= 11 is 0. The molecule has 0 radical (unpaired) electrons. The number of para-hydroxylation sites is 1. The minimum absolute atomic E-state index is 0.113. The Labute approximate surface area is 172 Å². The number of hydrogen-bond acceptors (Lipinski definition) is 5. The fourth-order valence-corrected chi connectivity index (χ4v) is 3.87. The average Bonchev–Trinajstić information content (AvgIpc) is 2.93. The molecule has 7 nitrogen and oxygen atoms in total. The van der Waals surface area contributed by atoms with Gasteiger partial charge in [-0.15, -0.1) is 0 Å². The molecule has 0 aromatic heterocycles. The van der Waals surface area contributed by atoms with E-state index >= 15 is 0 Å². The molecule has 2 saturated heterocycles. The van der Waals surface area contributed by atoms with Crippen LogP contribution in [0.1, 0.15) is 6.42 Å². The van der Waals surface area contributed by atoms with Gasteiger partial charge in [-0.25, -0.2) is 4.39 Å². The van der Waals surface area contributed by atoms with Crippen molar-refractivity contribution in [2.75, 3.05) is 84.4 Å². The van der Waals surface area contributed by atoms with E-state index in [2.05, 4.69) is 9.80 Å². The average molecular weight is 406 g/mol. The molecule has 3 rings (SSSR count). The van der Waals surface area contributed by atoms with Crippen molar-refractivity contribution in [1.29, 1.82) is 0 Å². The lowest BCUT2D eigenvalue weighted by atomic mass is 10.2. The summed E-state index contributed by atoms with van der Waals surface area (Å²) in [5.74, 6) is 0.0346. The van der Waals surface area contributed by atoms with Gasteiger partial charge < -0.3 is 14.7 Å². The summed E-state index contributed by atoms with van der Waals surface area (Å²) in [6.45, 7) is 6.71. The molecule has 29 heavy (non-hydrogen) atoms. The SMILES string of the molecule is CN(C)C(=O)CN1CCCN(CC(=O)N2CCN(c3ccccc3F)CC2)CC1. The van der Waals surface area contributed by atoms with E-state index in [0.717, 1.165) is 32.6 Å². The Hall–Kier alpha value is -2.19. The topological polar surface area (TPSA) is 50.3 Å². The molecule has 1 aromatic rings. The van der Waals surface area contributed by atoms with Crippen molar-refractivity contribution in [3.05, 3.63) is 30.1 Å². The van der Waals surface area contributed by atoms with Gasteiger partial charge in [0.05, 0.1) is 18.8 Å². The zero-order valence-electron chi connectivity index (χ0n) is 17.5. The summed E-state index contributed by atoms with van der Waals surface area (Å²) in [4.78, 5) is 34.5. The third kappa shape index (κ3) is 5.90. The molecule has 0 unspecified atom stereocenters. The van der Waals surface area contributed by atoms with Crippen LogP contribution >= 0.6 is 0 Å². The van der Waals surface area contributed by atoms with E-state index in [1.165, 1.54) is 6.07 Å². The van der Waals surface area contributed by atoms with Crippen LogP contribution in [0.4, 0.5) is 10.1 Å². The number of amides is 2. The highest BCUT2D eigenvalue weighted by molar-refractivity contribution is 5.79. The number of hydrogen-bond donors (Lipinski definition) is 0. The number of halogens is 1. The van der Waals surface area contributed by atoms with Gasteiger partial charge in [0.2, 0.25) is 11.8 Å². The normalized spacial score (nSPS) is 19.1. The van der Waals surface area contributed by atoms with Crippen LogP contribution in [0.2, 0.25) is 0 Å². The molecule has 0 atom stereocenters. The largest absolute Gasteiger partial charge is 0.366 e. The first-order valence-electron chi connectivity index (χ1n) is 10.4. The summed E-state index contributed by atoms with van der Waals surface area (Å²) in [6, 6.07) is 6.79. The van der Waals surface area contributed by atoms with Gasteiger partial charge in [-0.3, -0.25) is 19.4 Å². The summed E-state index contributed by atoms with van der Waals surface area (Å²) < 4.78 is 14.0. The van der Waals surface area contributed by atoms with Crippen molar-refractivity contribution < 1.29 is 14.0 Å². The molecule has 0 aliphatic carbocycles. The number of carbonyl (C=O) groups excluding carboxylic acids is 2. The van der Waals surface area contributed by atoms with Gasteiger partial charge in [0.25, 0.3) is 0 Å². The minimum atomic E-state index is -0.214. The minimum Gasteiger partial charge on any atom is -0.366 e. The lowest BCUT2D eigenvalue weighted by Crippen LogP contribution is -2.51. The molecule has 0 spiro atoms. The maximum atomic E-state index is 14.0. The highest BCUT2D eigenvalue weighted by atomic mass is 19.1. The van der Waals surface area contributed by atoms with Crippen LogP contribution in [-0.2, 0) is 9.59 Å². The third-order valence-electron chi connectivity index (χ3n) is 5.72. The number of benzene rings is 1. The van der Waals surface area contributed by atoms with Crippen LogP contribution in [0.15, 0.2) is 24.3 Å². The first-order valence-corrected chi connectivity index (χ1v) is 10.4. The first-order chi connectivity index (χ1) is 13.9. The van der Waals surface area contributed by atoms with Gasteiger partial charge in [0.1, 0.15) is 5.82 Å². The number of piperazine rings is 1. The predicted molar refractivity (Wildman–Crippen MR) is 111 cm³/mol. The van der Waals surface area contributed by atoms with Crippen molar-refractivity contribution in [1.82, 2.24) is 19.6 Å². The molecule has 2 aliphatic heterocycles. The van der Waals surface area contributed by atoms with Crippen molar-refractivity contribution in [2.45, 2.75) is 6.42 Å². The summed E-state index contributed by atoms with van der Waals surface area (Å²) in [6.07, 6.45) is 0.953. The van der Waals surface area contributed by atoms with E-state index in [-0.39, 0.29) is 17.6 Å². The lowest BCUT2D eigenvalue weighted by Gasteiger charge is -2.37. The molecule has 2 amide bonds. The summed E-state index contributed by atoms with van der Waals surface area (Å²) in [5, 5.41) is 0. The molecule has 0 N–H and O–H groups in total. The molecule has 0 bridgehead atoms. The Balaban J connectivity index is 1.44. The lowest BCUT2D eigenvalue weighted by molar-refractivity contribution is -0.133. The van der Waals surface area contributed by atoms with Gasteiger partial charge >= 0.3 is 0 Å². The van der Waals surface area contributed by atoms with E-state index in [1.807, 2.05) is 15.9 Å². The van der Waals surface area contributed by atoms with E-state index in [1.54, 1.807) is 31.1 Å². The highest BCUT2D eigenvalue weighted by Gasteiger charge is 2.25. The molecule has 8 heteroatoms. The number of nitrogens with zero attached hydrogens (tertiary/aromatic N) is 5. The van der Waals surface area contributed by atoms with E-state index in [9.17, 15) is 14.0 Å². The summed E-state index contributed by atoms with van der Waals surface area (Å²) in [7, 11) is 3.55. The molecule has 0 saturated carbocycles. The zero-order valence-corrected chi connectivity index (χ0v) is 17.5. The second kappa shape index (κ2) is 10.0. The van der Waals surface area contributed by atoms with E-state index in [4.69, 9.17) is 0 Å². The Morgan fingerprint density at radius 1 is 0.897 bits per heavy atom. The quantitative estimate of drug-likeness (QED) is 0.717. The van der Waals surface area contributed by atoms with Gasteiger partial charge in [-0.2, -0.15) is 0 Å². The molecule has 2 fully saturated rings. The standard InChI is InChI=1S/C21H32FN5O2/c1-23(2)20(28)16-24-8-5-9-25(11-10-24)17-21(29)27-14-12-26(13-15-27)19-7-4-3-6-18(19)22/h3-4,6-7H,5,8-17H2,1-2H3. The Morgan fingerprint density at radius 3 is 2.14 bits per heavy atom. The maximum absolute atomic E-state index is 14.0. The molecular weight excluding hydrogens is 373 g/mol. The Morgan fingerprint density at radius 2 is 1.52 bits per heavy atom. The zero-order chi connectivity index (χ0) is 20.8. The van der Waals surface area contributed by atoms with Crippen LogP contribution in [-0.4, -0.2) is 111 Å². The van der Waals surface area contributed by atoms with Crippen LogP contribution in [0, 0.1) is 5.82 Å². The monoisotopic (exact) mass is 405 g/mol. The van der Waals surface area contributed by atoms with Crippen LogP contribution in [0.25, 0.3) is 0 Å². The second-order valence-electron chi connectivity index (χ2n) is 8.01. The van der Waals surface area contributed by atoms with E-state index in [0.29, 0.717) is 45.0 Å². The fraction of sp³-hybridized carbons (Fsp3) is 0.619. The van der Waals surface area contributed by atoms with Crippen LogP contribution in [0.5, 0.6) is 0 Å². The van der Waals surface area contributed by atoms with Gasteiger partial charge in [0, 0.05) is 53.4 Å². The van der Waals surface area contributed by atoms with Crippen molar-refractivity contribution in [3.8, 4) is 0 Å². The van der Waals surface area contributed by atoms with Crippen molar-refractivity contribution in [2.24, 2.45) is 0 Å². The molecule has 160 valence electrons. The van der Waals surface area contributed by atoms with Crippen molar-refractivity contribution >= 4 is 17.5 Å². The van der Waals surface area contributed by atoms with Crippen molar-refractivity contribution in [3.63, 3.8) is 0 Å². The van der Waals surface area contributed by atoms with Gasteiger partial charge in [-0.05, 0) is 31.6 Å². The van der Waals surface area contributed by atoms with E-state index < -0.39 is 0 Å².